The van der Waals surface area contributed by atoms with Gasteiger partial charge in [-0.05, 0) is 42.8 Å². The van der Waals surface area contributed by atoms with Gasteiger partial charge in [0.1, 0.15) is 5.82 Å². The number of halogens is 2. The fourth-order valence-electron chi connectivity index (χ4n) is 2.13. The maximum absolute atomic E-state index is 6.02. The van der Waals surface area contributed by atoms with Crippen LogP contribution >= 0.6 is 27.5 Å². The van der Waals surface area contributed by atoms with Crippen molar-refractivity contribution in [1.29, 1.82) is 0 Å². The lowest BCUT2D eigenvalue weighted by Crippen LogP contribution is -2.08. The van der Waals surface area contributed by atoms with E-state index in [1.54, 1.807) is 6.20 Å². The van der Waals surface area contributed by atoms with Crippen LogP contribution in [0.3, 0.4) is 0 Å². The number of anilines is 1. The van der Waals surface area contributed by atoms with E-state index in [1.807, 2.05) is 42.5 Å². The monoisotopic (exact) mass is 361 g/mol. The Balaban J connectivity index is 1.86. The molecule has 106 valence electrons. The van der Waals surface area contributed by atoms with E-state index in [0.717, 1.165) is 31.9 Å². The SMILES string of the molecule is C[C@@H](Nc1cnc2cc(Br)ccc2n1)c1cccc(Cl)c1. The Morgan fingerprint density at radius 1 is 1.14 bits per heavy atom. The van der Waals surface area contributed by atoms with E-state index >= 15 is 0 Å². The van der Waals surface area contributed by atoms with Crippen molar-refractivity contribution in [3.8, 4) is 0 Å². The van der Waals surface area contributed by atoms with Gasteiger partial charge in [0.25, 0.3) is 0 Å². The van der Waals surface area contributed by atoms with Crippen LogP contribution in [-0.4, -0.2) is 9.97 Å². The number of hydrogen-bond donors (Lipinski definition) is 1. The highest BCUT2D eigenvalue weighted by Crippen LogP contribution is 2.22. The highest BCUT2D eigenvalue weighted by Gasteiger charge is 2.07. The summed E-state index contributed by atoms with van der Waals surface area (Å²) < 4.78 is 0.998. The Kier molecular flexibility index (Phi) is 4.08. The lowest BCUT2D eigenvalue weighted by Gasteiger charge is -2.15. The number of fused-ring (bicyclic) bond motifs is 1. The van der Waals surface area contributed by atoms with Crippen LogP contribution in [0, 0.1) is 0 Å². The Morgan fingerprint density at radius 3 is 2.81 bits per heavy atom. The second-order valence-corrected chi connectivity index (χ2v) is 6.16. The van der Waals surface area contributed by atoms with Crippen LogP contribution in [0.15, 0.2) is 53.1 Å². The summed E-state index contributed by atoms with van der Waals surface area (Å²) in [5.74, 6) is 0.747. The van der Waals surface area contributed by atoms with Crippen molar-refractivity contribution in [2.75, 3.05) is 5.32 Å². The molecule has 2 aromatic carbocycles. The van der Waals surface area contributed by atoms with Gasteiger partial charge in [0.05, 0.1) is 23.3 Å². The van der Waals surface area contributed by atoms with E-state index in [4.69, 9.17) is 11.6 Å². The van der Waals surface area contributed by atoms with Crippen molar-refractivity contribution >= 4 is 44.4 Å². The van der Waals surface area contributed by atoms with E-state index in [-0.39, 0.29) is 6.04 Å². The first kappa shape index (κ1) is 14.3. The lowest BCUT2D eigenvalue weighted by molar-refractivity contribution is 0.874. The third-order valence-electron chi connectivity index (χ3n) is 3.22. The molecule has 0 saturated carbocycles. The summed E-state index contributed by atoms with van der Waals surface area (Å²) in [6.07, 6.45) is 1.75. The molecule has 0 saturated heterocycles. The van der Waals surface area contributed by atoms with E-state index in [2.05, 4.69) is 38.1 Å². The Morgan fingerprint density at radius 2 is 2.00 bits per heavy atom. The molecular weight excluding hydrogens is 350 g/mol. The maximum Gasteiger partial charge on any atom is 0.145 e. The predicted molar refractivity (Wildman–Crippen MR) is 90.7 cm³/mol. The van der Waals surface area contributed by atoms with E-state index < -0.39 is 0 Å². The third-order valence-corrected chi connectivity index (χ3v) is 3.95. The van der Waals surface area contributed by atoms with Gasteiger partial charge in [0, 0.05) is 9.50 Å². The molecular formula is C16H13BrClN3. The Hall–Kier alpha value is -1.65. The van der Waals surface area contributed by atoms with E-state index in [0.29, 0.717) is 0 Å². The second-order valence-electron chi connectivity index (χ2n) is 4.81. The van der Waals surface area contributed by atoms with Gasteiger partial charge in [-0.2, -0.15) is 0 Å². The highest BCUT2D eigenvalue weighted by molar-refractivity contribution is 9.10. The number of hydrogen-bond acceptors (Lipinski definition) is 3. The van der Waals surface area contributed by atoms with Gasteiger partial charge in [-0.3, -0.25) is 4.98 Å². The molecule has 3 rings (SSSR count). The molecule has 0 aliphatic carbocycles. The molecule has 1 atom stereocenters. The normalized spacial score (nSPS) is 12.3. The molecule has 0 bridgehead atoms. The average molecular weight is 363 g/mol. The number of rotatable bonds is 3. The third kappa shape index (κ3) is 3.34. The minimum Gasteiger partial charge on any atom is -0.362 e. The molecule has 0 aliphatic heterocycles. The lowest BCUT2D eigenvalue weighted by atomic mass is 10.1. The molecule has 0 radical (unpaired) electrons. The first-order valence-corrected chi connectivity index (χ1v) is 7.73. The fourth-order valence-corrected chi connectivity index (χ4v) is 2.68. The summed E-state index contributed by atoms with van der Waals surface area (Å²) in [5.41, 5.74) is 2.84. The molecule has 1 N–H and O–H groups in total. The minimum atomic E-state index is 0.103. The molecule has 5 heteroatoms. The molecule has 21 heavy (non-hydrogen) atoms. The van der Waals surface area contributed by atoms with E-state index in [1.165, 1.54) is 0 Å². The zero-order valence-corrected chi connectivity index (χ0v) is 13.7. The summed E-state index contributed by atoms with van der Waals surface area (Å²) in [4.78, 5) is 9.00. The van der Waals surface area contributed by atoms with Gasteiger partial charge in [-0.25, -0.2) is 4.98 Å². The quantitative estimate of drug-likeness (QED) is 0.694. The molecule has 3 nitrogen and oxygen atoms in total. The molecule has 3 aromatic rings. The van der Waals surface area contributed by atoms with Crippen molar-refractivity contribution in [2.24, 2.45) is 0 Å². The maximum atomic E-state index is 6.02. The van der Waals surface area contributed by atoms with Crippen LogP contribution in [0.4, 0.5) is 5.82 Å². The van der Waals surface area contributed by atoms with Crippen molar-refractivity contribution in [1.82, 2.24) is 9.97 Å². The summed E-state index contributed by atoms with van der Waals surface area (Å²) in [6, 6.07) is 13.8. The molecule has 0 aliphatic rings. The molecule has 0 fully saturated rings. The zero-order valence-electron chi connectivity index (χ0n) is 11.3. The van der Waals surface area contributed by atoms with Crippen molar-refractivity contribution in [3.63, 3.8) is 0 Å². The minimum absolute atomic E-state index is 0.103. The van der Waals surface area contributed by atoms with Gasteiger partial charge in [-0.1, -0.05) is 39.7 Å². The standard InChI is InChI=1S/C16H13BrClN3/c1-10(11-3-2-4-13(18)7-11)20-16-9-19-15-8-12(17)5-6-14(15)21-16/h2-10H,1H3,(H,20,21)/t10-/m1/s1. The van der Waals surface area contributed by atoms with Crippen LogP contribution in [0.5, 0.6) is 0 Å². The van der Waals surface area contributed by atoms with Crippen molar-refractivity contribution in [2.45, 2.75) is 13.0 Å². The smallest absolute Gasteiger partial charge is 0.145 e. The summed E-state index contributed by atoms with van der Waals surface area (Å²) >= 11 is 9.46. The summed E-state index contributed by atoms with van der Waals surface area (Å²) in [5, 5.41) is 4.08. The summed E-state index contributed by atoms with van der Waals surface area (Å²) in [7, 11) is 0. The molecule has 0 spiro atoms. The molecule has 0 amide bonds. The fraction of sp³-hybridized carbons (Fsp3) is 0.125. The van der Waals surface area contributed by atoms with Gasteiger partial charge in [-0.15, -0.1) is 0 Å². The Bertz CT molecular complexity index is 791. The second kappa shape index (κ2) is 6.00. The van der Waals surface area contributed by atoms with Gasteiger partial charge >= 0.3 is 0 Å². The van der Waals surface area contributed by atoms with E-state index in [9.17, 15) is 0 Å². The van der Waals surface area contributed by atoms with Crippen LogP contribution in [-0.2, 0) is 0 Å². The zero-order chi connectivity index (χ0) is 14.8. The topological polar surface area (TPSA) is 37.8 Å². The number of nitrogens with one attached hydrogen (secondary N) is 1. The first-order valence-electron chi connectivity index (χ1n) is 6.56. The first-order chi connectivity index (χ1) is 10.1. The van der Waals surface area contributed by atoms with Crippen LogP contribution < -0.4 is 5.32 Å². The Labute approximate surface area is 136 Å². The number of aromatic nitrogens is 2. The van der Waals surface area contributed by atoms with Gasteiger partial charge in [0.15, 0.2) is 0 Å². The van der Waals surface area contributed by atoms with Crippen LogP contribution in [0.1, 0.15) is 18.5 Å². The number of benzene rings is 2. The molecule has 0 unspecified atom stereocenters. The highest BCUT2D eigenvalue weighted by atomic mass is 79.9. The largest absolute Gasteiger partial charge is 0.362 e. The summed E-state index contributed by atoms with van der Waals surface area (Å²) in [6.45, 7) is 2.07. The van der Waals surface area contributed by atoms with Crippen molar-refractivity contribution < 1.29 is 0 Å². The van der Waals surface area contributed by atoms with Gasteiger partial charge < -0.3 is 5.32 Å². The predicted octanol–water partition coefficient (Wildman–Crippen LogP) is 5.22. The van der Waals surface area contributed by atoms with Crippen LogP contribution in [0.25, 0.3) is 11.0 Å². The molecule has 1 aromatic heterocycles. The van der Waals surface area contributed by atoms with Crippen LogP contribution in [0.2, 0.25) is 5.02 Å². The van der Waals surface area contributed by atoms with Crippen molar-refractivity contribution in [3.05, 3.63) is 63.7 Å². The molecule has 1 heterocycles. The number of nitrogens with zero attached hydrogens (tertiary/aromatic N) is 2. The average Bonchev–Trinajstić information content (AvgIpc) is 2.47. The van der Waals surface area contributed by atoms with Gasteiger partial charge in [0.2, 0.25) is 0 Å².